The fraction of sp³-hybridized carbons (Fsp3) is 0.391. The zero-order valence-electron chi connectivity index (χ0n) is 17.1. The molecule has 1 saturated heterocycles. The zero-order chi connectivity index (χ0) is 20.7. The molecule has 0 radical (unpaired) electrons. The van der Waals surface area contributed by atoms with Crippen LogP contribution in [0, 0.1) is 13.8 Å². The van der Waals surface area contributed by atoms with Crippen molar-refractivity contribution in [3.05, 3.63) is 47.0 Å². The van der Waals surface area contributed by atoms with E-state index < -0.39 is 0 Å². The van der Waals surface area contributed by atoms with E-state index in [4.69, 9.17) is 19.2 Å². The molecule has 2 aliphatic heterocycles. The number of hydrogen-bond donors (Lipinski definition) is 0. The van der Waals surface area contributed by atoms with Gasteiger partial charge < -0.3 is 14.2 Å². The van der Waals surface area contributed by atoms with Gasteiger partial charge in [0.25, 0.3) is 0 Å². The number of aromatic nitrogens is 1. The molecule has 2 aliphatic rings. The molecule has 0 saturated carbocycles. The smallest absolute Gasteiger partial charge is 0.233 e. The van der Waals surface area contributed by atoms with Crippen LogP contribution >= 0.6 is 11.3 Å². The number of thiazole rings is 1. The zero-order valence-corrected chi connectivity index (χ0v) is 18.0. The Labute approximate surface area is 179 Å². The average molecular weight is 425 g/mol. The van der Waals surface area contributed by atoms with Gasteiger partial charge in [0.1, 0.15) is 0 Å². The maximum atomic E-state index is 13.4. The Morgan fingerprint density at radius 1 is 1.17 bits per heavy atom. The maximum Gasteiger partial charge on any atom is 0.233 e. The predicted octanol–water partition coefficient (Wildman–Crippen LogP) is 4.40. The number of benzene rings is 2. The van der Waals surface area contributed by atoms with Gasteiger partial charge in [0, 0.05) is 6.61 Å². The minimum Gasteiger partial charge on any atom is -0.454 e. The number of carbonyl (C=O) groups excluding carboxylic acids is 1. The molecule has 156 valence electrons. The van der Waals surface area contributed by atoms with E-state index >= 15 is 0 Å². The van der Waals surface area contributed by atoms with Gasteiger partial charge in [-0.1, -0.05) is 29.5 Å². The van der Waals surface area contributed by atoms with Gasteiger partial charge in [0.05, 0.1) is 29.3 Å². The van der Waals surface area contributed by atoms with E-state index in [1.165, 1.54) is 5.56 Å². The van der Waals surface area contributed by atoms with Gasteiger partial charge in [-0.3, -0.25) is 9.69 Å². The SMILES string of the molecule is Cc1ccc(C)c2sc(N(CC3CCCO3)C(=O)Cc3ccc4c(c3)OCO4)nc12. The fourth-order valence-electron chi connectivity index (χ4n) is 3.96. The standard InChI is InChI=1S/C23H24N2O4S/c1-14-5-6-15(2)22-21(14)24-23(30-22)25(12-17-4-3-9-27-17)20(26)11-16-7-8-18-19(10-16)29-13-28-18/h5-8,10,17H,3-4,9,11-13H2,1-2H3. The number of carbonyl (C=O) groups is 1. The van der Waals surface area contributed by atoms with Crippen molar-refractivity contribution in [2.45, 2.75) is 39.2 Å². The largest absolute Gasteiger partial charge is 0.454 e. The highest BCUT2D eigenvalue weighted by Crippen LogP contribution is 2.35. The summed E-state index contributed by atoms with van der Waals surface area (Å²) in [7, 11) is 0. The topological polar surface area (TPSA) is 60.9 Å². The molecule has 0 spiro atoms. The average Bonchev–Trinajstić information content (AvgIpc) is 3.49. The second-order valence-electron chi connectivity index (χ2n) is 7.88. The van der Waals surface area contributed by atoms with Crippen molar-refractivity contribution >= 4 is 32.6 Å². The third-order valence-corrected chi connectivity index (χ3v) is 6.88. The summed E-state index contributed by atoms with van der Waals surface area (Å²) in [6, 6.07) is 9.86. The molecule has 2 aromatic carbocycles. The lowest BCUT2D eigenvalue weighted by molar-refractivity contribution is -0.118. The number of fused-ring (bicyclic) bond motifs is 2. The summed E-state index contributed by atoms with van der Waals surface area (Å²) < 4.78 is 17.8. The first kappa shape index (κ1) is 19.3. The molecule has 6 nitrogen and oxygen atoms in total. The molecule has 1 aromatic heterocycles. The Morgan fingerprint density at radius 3 is 2.80 bits per heavy atom. The molecule has 30 heavy (non-hydrogen) atoms. The normalized spacial score (nSPS) is 17.6. The number of rotatable bonds is 5. The third-order valence-electron chi connectivity index (χ3n) is 5.67. The number of aryl methyl sites for hydroxylation is 2. The summed E-state index contributed by atoms with van der Waals surface area (Å²) >= 11 is 1.58. The second-order valence-corrected chi connectivity index (χ2v) is 8.85. The van der Waals surface area contributed by atoms with Crippen LogP contribution in [0.15, 0.2) is 30.3 Å². The molecule has 3 aromatic rings. The minimum atomic E-state index is 0.0127. The molecule has 0 bridgehead atoms. The number of amides is 1. The van der Waals surface area contributed by atoms with Crippen LogP contribution in [0.2, 0.25) is 0 Å². The lowest BCUT2D eigenvalue weighted by atomic mass is 10.1. The lowest BCUT2D eigenvalue weighted by Gasteiger charge is -2.23. The first-order valence-electron chi connectivity index (χ1n) is 10.3. The van der Waals surface area contributed by atoms with Crippen molar-refractivity contribution in [2.75, 3.05) is 24.8 Å². The first-order chi connectivity index (χ1) is 14.6. The van der Waals surface area contributed by atoms with Crippen LogP contribution < -0.4 is 14.4 Å². The maximum absolute atomic E-state index is 13.4. The monoisotopic (exact) mass is 424 g/mol. The van der Waals surface area contributed by atoms with Crippen LogP contribution in [0.25, 0.3) is 10.2 Å². The molecule has 1 fully saturated rings. The number of anilines is 1. The molecule has 5 rings (SSSR count). The van der Waals surface area contributed by atoms with Crippen molar-refractivity contribution in [2.24, 2.45) is 0 Å². The van der Waals surface area contributed by atoms with E-state index in [1.54, 1.807) is 11.3 Å². The van der Waals surface area contributed by atoms with E-state index in [-0.39, 0.29) is 25.2 Å². The van der Waals surface area contributed by atoms with Crippen LogP contribution in [0.5, 0.6) is 11.5 Å². The third kappa shape index (κ3) is 3.63. The highest BCUT2D eigenvalue weighted by Gasteiger charge is 2.27. The summed E-state index contributed by atoms with van der Waals surface area (Å²) in [4.78, 5) is 20.1. The number of ether oxygens (including phenoxy) is 3. The van der Waals surface area contributed by atoms with Crippen molar-refractivity contribution in [1.29, 1.82) is 0 Å². The van der Waals surface area contributed by atoms with Crippen molar-refractivity contribution in [1.82, 2.24) is 4.98 Å². The summed E-state index contributed by atoms with van der Waals surface area (Å²) in [6.07, 6.45) is 2.33. The molecule has 1 unspecified atom stereocenters. The Kier molecular flexibility index (Phi) is 5.08. The molecule has 1 atom stereocenters. The summed E-state index contributed by atoms with van der Waals surface area (Å²) in [6.45, 7) is 5.66. The molecule has 7 heteroatoms. The molecule has 0 N–H and O–H groups in total. The number of nitrogens with zero attached hydrogens (tertiary/aromatic N) is 2. The Bertz CT molecular complexity index is 1070. The Balaban J connectivity index is 1.46. The van der Waals surface area contributed by atoms with Gasteiger partial charge in [-0.2, -0.15) is 0 Å². The molecule has 1 amide bonds. The summed E-state index contributed by atoms with van der Waals surface area (Å²) in [5, 5.41) is 0.739. The highest BCUT2D eigenvalue weighted by atomic mass is 32.1. The van der Waals surface area contributed by atoms with Crippen LogP contribution in [0.3, 0.4) is 0 Å². The second kappa shape index (κ2) is 7.89. The highest BCUT2D eigenvalue weighted by molar-refractivity contribution is 7.22. The predicted molar refractivity (Wildman–Crippen MR) is 117 cm³/mol. The van der Waals surface area contributed by atoms with Crippen molar-refractivity contribution < 1.29 is 19.0 Å². The van der Waals surface area contributed by atoms with E-state index in [0.717, 1.165) is 51.7 Å². The van der Waals surface area contributed by atoms with Crippen LogP contribution in [-0.4, -0.2) is 36.9 Å². The van der Waals surface area contributed by atoms with E-state index in [0.29, 0.717) is 12.3 Å². The molecule has 3 heterocycles. The van der Waals surface area contributed by atoms with Gasteiger partial charge in [0.2, 0.25) is 12.7 Å². The van der Waals surface area contributed by atoms with Crippen molar-refractivity contribution in [3.8, 4) is 11.5 Å². The lowest BCUT2D eigenvalue weighted by Crippen LogP contribution is -2.38. The van der Waals surface area contributed by atoms with Gasteiger partial charge in [-0.05, 0) is 55.5 Å². The van der Waals surface area contributed by atoms with E-state index in [2.05, 4.69) is 26.0 Å². The van der Waals surface area contributed by atoms with Gasteiger partial charge in [0.15, 0.2) is 16.6 Å². The van der Waals surface area contributed by atoms with Crippen LogP contribution in [0.4, 0.5) is 5.13 Å². The van der Waals surface area contributed by atoms with Gasteiger partial charge in [-0.25, -0.2) is 4.98 Å². The minimum absolute atomic E-state index is 0.0127. The van der Waals surface area contributed by atoms with Crippen molar-refractivity contribution in [3.63, 3.8) is 0 Å². The molecular weight excluding hydrogens is 400 g/mol. The van der Waals surface area contributed by atoms with E-state index in [1.807, 2.05) is 23.1 Å². The quantitative estimate of drug-likeness (QED) is 0.608. The molecular formula is C23H24N2O4S. The van der Waals surface area contributed by atoms with Crippen LogP contribution in [-0.2, 0) is 16.0 Å². The Hall–Kier alpha value is -2.64. The van der Waals surface area contributed by atoms with Gasteiger partial charge in [-0.15, -0.1) is 0 Å². The first-order valence-corrected chi connectivity index (χ1v) is 11.1. The fourth-order valence-corrected chi connectivity index (χ4v) is 5.10. The number of hydrogen-bond acceptors (Lipinski definition) is 6. The summed E-state index contributed by atoms with van der Waals surface area (Å²) in [5.41, 5.74) is 4.18. The molecule has 0 aliphatic carbocycles. The summed E-state index contributed by atoms with van der Waals surface area (Å²) in [5.74, 6) is 1.43. The van der Waals surface area contributed by atoms with E-state index in [9.17, 15) is 4.79 Å². The Morgan fingerprint density at radius 2 is 2.00 bits per heavy atom. The van der Waals surface area contributed by atoms with Crippen LogP contribution in [0.1, 0.15) is 29.5 Å². The van der Waals surface area contributed by atoms with Gasteiger partial charge >= 0.3 is 0 Å².